The summed E-state index contributed by atoms with van der Waals surface area (Å²) in [4.78, 5) is 0. The number of alkyl halides is 6. The second kappa shape index (κ2) is 18.1. The van der Waals surface area contributed by atoms with Crippen LogP contribution >= 0.6 is 0 Å². The monoisotopic (exact) mass is 1010 g/mol. The first-order valence-electron chi connectivity index (χ1n) is 24.9. The Morgan fingerprint density at radius 3 is 1.00 bits per heavy atom. The maximum absolute atomic E-state index is 15.4. The van der Waals surface area contributed by atoms with Crippen LogP contribution in [0.15, 0.2) is 200 Å². The second-order valence-electron chi connectivity index (χ2n) is 19.6. The molecule has 9 heteroatoms. The predicted molar refractivity (Wildman–Crippen MR) is 296 cm³/mol. The molecule has 0 aliphatic carbocycles. The molecule has 0 atom stereocenters. The molecule has 10 aromatic carbocycles. The van der Waals surface area contributed by atoms with Crippen LogP contribution in [-0.4, -0.2) is 9.13 Å². The Bertz CT molecular complexity index is 4180. The molecule has 3 nitrogen and oxygen atoms in total. The lowest BCUT2D eigenvalue weighted by Crippen LogP contribution is -2.13. The predicted octanol–water partition coefficient (Wildman–Crippen LogP) is 19.4. The Labute approximate surface area is 434 Å². The van der Waals surface area contributed by atoms with Crippen molar-refractivity contribution in [3.8, 4) is 73.1 Å². The Morgan fingerprint density at radius 2 is 0.684 bits per heavy atom. The zero-order valence-electron chi connectivity index (χ0n) is 41.7. The van der Waals surface area contributed by atoms with Crippen molar-refractivity contribution in [1.29, 1.82) is 5.26 Å². The number of hydrogen-bond acceptors (Lipinski definition) is 1. The molecule has 0 amide bonds. The van der Waals surface area contributed by atoms with Crippen LogP contribution in [0.3, 0.4) is 0 Å². The topological polar surface area (TPSA) is 33.6 Å². The third-order valence-electron chi connectivity index (χ3n) is 15.0. The van der Waals surface area contributed by atoms with Gasteiger partial charge in [-0.15, -0.1) is 0 Å². The van der Waals surface area contributed by atoms with Gasteiger partial charge in [0.1, 0.15) is 0 Å². The van der Waals surface area contributed by atoms with Crippen molar-refractivity contribution in [3.63, 3.8) is 0 Å². The molecule has 0 saturated heterocycles. The van der Waals surface area contributed by atoms with Crippen molar-refractivity contribution in [2.24, 2.45) is 0 Å². The van der Waals surface area contributed by atoms with Crippen molar-refractivity contribution in [2.45, 2.75) is 40.0 Å². The van der Waals surface area contributed by atoms with Gasteiger partial charge in [0, 0.05) is 27.1 Å². The molecule has 76 heavy (non-hydrogen) atoms. The number of halogens is 6. The lowest BCUT2D eigenvalue weighted by molar-refractivity contribution is -0.142. The normalized spacial score (nSPS) is 12.1. The van der Waals surface area contributed by atoms with Gasteiger partial charge in [0.15, 0.2) is 0 Å². The fraction of sp³-hybridized carbons (Fsp3) is 0.0896. The Hall–Kier alpha value is -9.13. The summed E-state index contributed by atoms with van der Waals surface area (Å²) in [5.41, 5.74) is 11.8. The average molecular weight is 1010 g/mol. The van der Waals surface area contributed by atoms with Gasteiger partial charge in [-0.05, 0) is 149 Å². The van der Waals surface area contributed by atoms with Crippen LogP contribution in [0.2, 0.25) is 0 Å². The Balaban J connectivity index is 1.29. The van der Waals surface area contributed by atoms with Crippen LogP contribution in [0.4, 0.5) is 26.3 Å². The molecule has 0 unspecified atom stereocenters. The lowest BCUT2D eigenvalue weighted by Gasteiger charge is -2.22. The second-order valence-corrected chi connectivity index (χ2v) is 19.6. The van der Waals surface area contributed by atoms with Crippen molar-refractivity contribution in [2.75, 3.05) is 0 Å². The van der Waals surface area contributed by atoms with Gasteiger partial charge < -0.3 is 9.13 Å². The van der Waals surface area contributed by atoms with Gasteiger partial charge in [0.05, 0.1) is 56.2 Å². The molecular weight excluding hydrogens is 961 g/mol. The third kappa shape index (κ3) is 8.00. The fourth-order valence-electron chi connectivity index (χ4n) is 11.3. The van der Waals surface area contributed by atoms with Crippen LogP contribution in [0, 0.1) is 39.0 Å². The molecular formula is C67H45F6N3. The van der Waals surface area contributed by atoms with Crippen molar-refractivity contribution in [1.82, 2.24) is 9.13 Å². The van der Waals surface area contributed by atoms with E-state index in [9.17, 15) is 18.4 Å². The number of benzene rings is 10. The minimum atomic E-state index is -5.23. The molecule has 370 valence electrons. The first-order chi connectivity index (χ1) is 36.6. The Kier molecular flexibility index (Phi) is 11.4. The van der Waals surface area contributed by atoms with E-state index < -0.39 is 29.0 Å². The minimum Gasteiger partial charge on any atom is -0.307 e. The smallest absolute Gasteiger partial charge is 0.307 e. The number of aryl methyl sites for hydroxylation is 4. The molecule has 0 aliphatic heterocycles. The average Bonchev–Trinajstić information content (AvgIpc) is 4.10. The van der Waals surface area contributed by atoms with Gasteiger partial charge in [-0.3, -0.25) is 0 Å². The zero-order valence-corrected chi connectivity index (χ0v) is 41.7. The SMILES string of the molecule is Cc1ccccc1-c1ccc2c3ccc(-c4ccccc4C)cc3n(-c3cc(C#N)c(-c4ccc(C(F)(F)F)cc4C(F)(F)F)cc3-n3c4cc(-c5ccccc5C)ccc4c4ccc(-c5ccccc5C)cc43)c2c1. The summed E-state index contributed by atoms with van der Waals surface area (Å²) in [5.74, 6) is 0. The van der Waals surface area contributed by atoms with Crippen molar-refractivity contribution in [3.05, 3.63) is 239 Å². The van der Waals surface area contributed by atoms with Crippen LogP contribution in [0.25, 0.3) is 111 Å². The molecule has 0 N–H and O–H groups in total. The van der Waals surface area contributed by atoms with Crippen LogP contribution in [0.5, 0.6) is 0 Å². The molecule has 2 aromatic heterocycles. The molecule has 0 bridgehead atoms. The van der Waals surface area contributed by atoms with Gasteiger partial charge in [-0.1, -0.05) is 152 Å². The quantitative estimate of drug-likeness (QED) is 0.147. The summed E-state index contributed by atoms with van der Waals surface area (Å²) in [5, 5.41) is 14.8. The molecule has 0 spiro atoms. The summed E-state index contributed by atoms with van der Waals surface area (Å²) in [6.45, 7) is 8.17. The summed E-state index contributed by atoms with van der Waals surface area (Å²) < 4.78 is 93.3. The van der Waals surface area contributed by atoms with Gasteiger partial charge in [0.25, 0.3) is 0 Å². The lowest BCUT2D eigenvalue weighted by atomic mass is 9.92. The van der Waals surface area contributed by atoms with E-state index in [1.54, 1.807) is 12.1 Å². The highest BCUT2D eigenvalue weighted by Crippen LogP contribution is 2.47. The number of hydrogen-bond donors (Lipinski definition) is 0. The van der Waals surface area contributed by atoms with Crippen LogP contribution in [0.1, 0.15) is 38.9 Å². The van der Waals surface area contributed by atoms with Gasteiger partial charge in [-0.25, -0.2) is 0 Å². The molecule has 0 radical (unpaired) electrons. The van der Waals surface area contributed by atoms with E-state index in [2.05, 4.69) is 126 Å². The number of nitriles is 1. The third-order valence-corrected chi connectivity index (χ3v) is 15.0. The number of nitrogens with zero attached hydrogens (tertiary/aromatic N) is 3. The maximum atomic E-state index is 15.4. The summed E-state index contributed by atoms with van der Waals surface area (Å²) in [7, 11) is 0. The minimum absolute atomic E-state index is 0.140. The number of aromatic nitrogens is 2. The van der Waals surface area contributed by atoms with E-state index in [1.165, 1.54) is 0 Å². The molecule has 0 saturated carbocycles. The highest BCUT2D eigenvalue weighted by atomic mass is 19.4. The van der Waals surface area contributed by atoms with Gasteiger partial charge >= 0.3 is 12.4 Å². The van der Waals surface area contributed by atoms with Crippen molar-refractivity contribution >= 4 is 43.6 Å². The highest BCUT2D eigenvalue weighted by molar-refractivity contribution is 6.14. The number of rotatable bonds is 7. The van der Waals surface area contributed by atoms with E-state index in [1.807, 2.05) is 86.6 Å². The van der Waals surface area contributed by atoms with Gasteiger partial charge in [0.2, 0.25) is 0 Å². The van der Waals surface area contributed by atoms with E-state index in [4.69, 9.17) is 0 Å². The molecule has 0 fully saturated rings. The maximum Gasteiger partial charge on any atom is 0.417 e. The van der Waals surface area contributed by atoms with Crippen LogP contribution < -0.4 is 0 Å². The fourth-order valence-corrected chi connectivity index (χ4v) is 11.3. The van der Waals surface area contributed by atoms with E-state index in [0.717, 1.165) is 116 Å². The molecule has 12 rings (SSSR count). The largest absolute Gasteiger partial charge is 0.417 e. The molecule has 0 aliphatic rings. The van der Waals surface area contributed by atoms with Gasteiger partial charge in [-0.2, -0.15) is 31.6 Å². The first-order valence-corrected chi connectivity index (χ1v) is 24.9. The molecule has 2 heterocycles. The number of fused-ring (bicyclic) bond motifs is 6. The first kappa shape index (κ1) is 47.8. The summed E-state index contributed by atoms with van der Waals surface area (Å²) >= 11 is 0. The van der Waals surface area contributed by atoms with Crippen molar-refractivity contribution < 1.29 is 26.3 Å². The van der Waals surface area contributed by atoms with E-state index in [-0.39, 0.29) is 17.2 Å². The Morgan fingerprint density at radius 1 is 0.342 bits per heavy atom. The summed E-state index contributed by atoms with van der Waals surface area (Å²) in [6, 6.07) is 64.3. The van der Waals surface area contributed by atoms with E-state index in [0.29, 0.717) is 17.4 Å². The summed E-state index contributed by atoms with van der Waals surface area (Å²) in [6.07, 6.45) is -10.3. The van der Waals surface area contributed by atoms with Crippen LogP contribution in [-0.2, 0) is 12.4 Å². The zero-order chi connectivity index (χ0) is 52.8. The standard InChI is InChI=1S/C67H45F6N3/c1-39-13-5-9-17-49(39)43-21-26-54-55-27-22-44(50-18-10-6-14-40(50)2)32-61(55)75(60(54)31-43)64-35-47(38-74)58(53-30-25-48(66(68,69)70)36-59(53)67(71,72)73)37-65(64)76-62-33-45(51-19-11-7-15-41(51)3)23-28-56(62)57-29-24-46(34-63(57)76)52-20-12-8-16-42(52)4/h5-37H,1-4H3. The van der Waals surface area contributed by atoms with E-state index >= 15 is 13.2 Å². The highest BCUT2D eigenvalue weighted by Gasteiger charge is 2.39. The molecule has 12 aromatic rings.